The average Bonchev–Trinajstić information content (AvgIpc) is 3.69. The van der Waals surface area contributed by atoms with Crippen molar-refractivity contribution in [3.63, 3.8) is 0 Å². The van der Waals surface area contributed by atoms with Gasteiger partial charge in [-0.3, -0.25) is 9.59 Å². The molecule has 178 valence electrons. The number of anilines is 1. The largest absolute Gasteiger partial charge is 0.493 e. The van der Waals surface area contributed by atoms with Crippen molar-refractivity contribution in [3.05, 3.63) is 48.3 Å². The van der Waals surface area contributed by atoms with Gasteiger partial charge in [0.15, 0.2) is 5.75 Å². The van der Waals surface area contributed by atoms with E-state index >= 15 is 0 Å². The molecule has 2 aromatic rings. The lowest BCUT2D eigenvalue weighted by Gasteiger charge is -2.37. The second kappa shape index (κ2) is 9.53. The maximum atomic E-state index is 13.1. The molecule has 4 rings (SSSR count). The zero-order valence-electron chi connectivity index (χ0n) is 21.0. The lowest BCUT2D eigenvalue weighted by atomic mass is 9.31. The topological polar surface area (TPSA) is 96.2 Å². The Morgan fingerprint density at radius 1 is 1.38 bits per heavy atom. The highest BCUT2D eigenvalue weighted by molar-refractivity contribution is 6.95. The Bertz CT molecular complexity index is 1270. The number of fused-ring (bicyclic) bond motifs is 1. The molecule has 3 heterocycles. The normalized spacial score (nSPS) is 20.9. The molecule has 2 aromatic heterocycles. The molecule has 2 aliphatic rings. The second-order valence-electron chi connectivity index (χ2n) is 9.92. The molecule has 2 fully saturated rings. The van der Waals surface area contributed by atoms with Crippen LogP contribution >= 0.6 is 0 Å². The van der Waals surface area contributed by atoms with Crippen molar-refractivity contribution in [2.75, 3.05) is 19.5 Å². The zero-order valence-corrected chi connectivity index (χ0v) is 21.0. The van der Waals surface area contributed by atoms with Crippen molar-refractivity contribution >= 4 is 69.2 Å². The van der Waals surface area contributed by atoms with E-state index in [-0.39, 0.29) is 23.9 Å². The number of amides is 2. The first-order valence-electron chi connectivity index (χ1n) is 11.9. The summed E-state index contributed by atoms with van der Waals surface area (Å²) in [5.41, 5.74) is 1.58. The molecule has 2 N–H and O–H groups in total. The number of methoxy groups -OCH3 is 1. The van der Waals surface area contributed by atoms with Gasteiger partial charge in [0.05, 0.1) is 69.4 Å². The average molecular weight is 485 g/mol. The van der Waals surface area contributed by atoms with Crippen LogP contribution in [-0.4, -0.2) is 97.7 Å². The van der Waals surface area contributed by atoms with Crippen LogP contribution in [0.5, 0.6) is 5.75 Å². The number of likely N-dealkylation sites (N-methyl/N-ethyl adjacent to an activating group) is 1. The second-order valence-corrected chi connectivity index (χ2v) is 9.92. The van der Waals surface area contributed by atoms with Gasteiger partial charge in [-0.25, -0.2) is 4.52 Å². The van der Waals surface area contributed by atoms with Crippen LogP contribution in [0.4, 0.5) is 5.69 Å². The summed E-state index contributed by atoms with van der Waals surface area (Å²) in [6.07, 6.45) is 6.74. The molecule has 1 saturated heterocycles. The maximum Gasteiger partial charge on any atom is 0.281 e. The number of hydrogen-bond acceptors (Lipinski definition) is 5. The number of hydrogen-bond donors (Lipinski definition) is 2. The molecule has 10 radical (unpaired) electrons. The minimum atomic E-state index is -1.79. The predicted molar refractivity (Wildman–Crippen MR) is 148 cm³/mol. The number of rotatable bonds is 10. The third-order valence-corrected chi connectivity index (χ3v) is 7.41. The van der Waals surface area contributed by atoms with Crippen molar-refractivity contribution in [1.29, 1.82) is 0 Å². The predicted octanol–water partition coefficient (Wildman–Crippen LogP) is 0.257. The number of allylic oxidation sites excluding steroid dienone is 2. The quantitative estimate of drug-likeness (QED) is 0.166. The molecular weight excluding hydrogens is 461 g/mol. The summed E-state index contributed by atoms with van der Waals surface area (Å²) in [5.74, 6) is -0.635. The van der Waals surface area contributed by atoms with E-state index in [1.165, 1.54) is 19.3 Å². The molecule has 0 spiro atoms. The van der Waals surface area contributed by atoms with Crippen LogP contribution in [0.3, 0.4) is 0 Å². The first-order valence-corrected chi connectivity index (χ1v) is 11.9. The van der Waals surface area contributed by atoms with Crippen LogP contribution in [0, 0.1) is 0 Å². The van der Waals surface area contributed by atoms with Gasteiger partial charge >= 0.3 is 0 Å². The molecule has 1 unspecified atom stereocenters. The van der Waals surface area contributed by atoms with Gasteiger partial charge in [0.2, 0.25) is 0 Å². The molecular formula is C23H24B6N4O4. The third kappa shape index (κ3) is 4.69. The molecule has 1 aliphatic carbocycles. The monoisotopic (exact) mass is 486 g/mol. The molecule has 8 nitrogen and oxygen atoms in total. The van der Waals surface area contributed by atoms with Gasteiger partial charge in [0.25, 0.3) is 18.7 Å². The van der Waals surface area contributed by atoms with Crippen LogP contribution in [-0.2, 0) is 16.0 Å². The Hall–Kier alpha value is -2.74. The Labute approximate surface area is 223 Å². The molecule has 1 atom stereocenters. The van der Waals surface area contributed by atoms with Gasteiger partial charge in [-0.2, -0.15) is 5.10 Å². The summed E-state index contributed by atoms with van der Waals surface area (Å²) in [5, 5.41) is 13.0. The van der Waals surface area contributed by atoms with Crippen LogP contribution in [0.15, 0.2) is 42.6 Å². The summed E-state index contributed by atoms with van der Waals surface area (Å²) < 4.78 is 7.02. The highest BCUT2D eigenvalue weighted by Gasteiger charge is 2.74. The summed E-state index contributed by atoms with van der Waals surface area (Å²) in [6, 6.07) is 3.60. The van der Waals surface area contributed by atoms with Crippen molar-refractivity contribution in [1.82, 2.24) is 14.5 Å². The Morgan fingerprint density at radius 3 is 2.54 bits per heavy atom. The fraction of sp³-hybridized carbons (Fsp3) is 0.435. The van der Waals surface area contributed by atoms with Crippen LogP contribution < -0.4 is 10.1 Å². The molecule has 0 bridgehead atoms. The van der Waals surface area contributed by atoms with E-state index in [1.54, 1.807) is 34.8 Å². The highest BCUT2D eigenvalue weighted by atomic mass is 16.5. The molecule has 1 saturated carbocycles. The Morgan fingerprint density at radius 2 is 2.03 bits per heavy atom. The SMILES string of the molecule is [B]C([B])([B])C1(CCc2cc3cc(NC(=O)/C(=C/C=C)C(=O)N(C)C4CC4)c(OC)cn3n2)B(O)C1([B])[B]. The Kier molecular flexibility index (Phi) is 7.03. The summed E-state index contributed by atoms with van der Waals surface area (Å²) >= 11 is 0. The van der Waals surface area contributed by atoms with Gasteiger partial charge < -0.3 is 20.0 Å². The van der Waals surface area contributed by atoms with E-state index in [0.29, 0.717) is 29.1 Å². The smallest absolute Gasteiger partial charge is 0.281 e. The number of pyridine rings is 1. The molecule has 14 heteroatoms. The molecule has 0 aromatic carbocycles. The van der Waals surface area contributed by atoms with Crippen LogP contribution in [0.1, 0.15) is 25.0 Å². The van der Waals surface area contributed by atoms with Crippen molar-refractivity contribution < 1.29 is 19.3 Å². The van der Waals surface area contributed by atoms with Crippen LogP contribution in [0.2, 0.25) is 15.5 Å². The number of carbonyl (C=O) groups excluding carboxylic acids is 2. The number of nitrogens with zero attached hydrogens (tertiary/aromatic N) is 3. The number of nitrogens with one attached hydrogen (secondary N) is 1. The Balaban J connectivity index is 1.56. The minimum absolute atomic E-state index is 0.0327. The van der Waals surface area contributed by atoms with Crippen molar-refractivity contribution in [2.24, 2.45) is 0 Å². The number of aromatic nitrogens is 2. The van der Waals surface area contributed by atoms with Gasteiger partial charge in [-0.15, -0.1) is 5.11 Å². The van der Waals surface area contributed by atoms with E-state index in [4.69, 9.17) is 44.0 Å². The number of carbonyl (C=O) groups is 2. The van der Waals surface area contributed by atoms with Crippen molar-refractivity contribution in [3.8, 4) is 5.75 Å². The lowest BCUT2D eigenvalue weighted by Crippen LogP contribution is -2.34. The van der Waals surface area contributed by atoms with Crippen molar-refractivity contribution in [2.45, 2.75) is 47.3 Å². The van der Waals surface area contributed by atoms with Gasteiger partial charge in [0, 0.05) is 13.1 Å². The fourth-order valence-corrected chi connectivity index (χ4v) is 4.89. The van der Waals surface area contributed by atoms with E-state index in [9.17, 15) is 14.6 Å². The summed E-state index contributed by atoms with van der Waals surface area (Å²) in [6.45, 7) is 2.45. The molecule has 1 aliphatic heterocycles. The highest BCUT2D eigenvalue weighted by Crippen LogP contribution is 2.79. The van der Waals surface area contributed by atoms with E-state index < -0.39 is 28.4 Å². The first-order chi connectivity index (χ1) is 17.3. The number of ether oxygens (including phenoxy) is 1. The lowest BCUT2D eigenvalue weighted by molar-refractivity contribution is -0.128. The summed E-state index contributed by atoms with van der Waals surface area (Å²) in [7, 11) is 32.8. The van der Waals surface area contributed by atoms with Gasteiger partial charge in [-0.05, 0) is 43.9 Å². The van der Waals surface area contributed by atoms with E-state index in [2.05, 4.69) is 17.0 Å². The maximum absolute atomic E-state index is 13.1. The summed E-state index contributed by atoms with van der Waals surface area (Å²) in [4.78, 5) is 27.5. The first kappa shape index (κ1) is 27.3. The molecule has 37 heavy (non-hydrogen) atoms. The number of aryl methyl sites for hydroxylation is 1. The van der Waals surface area contributed by atoms with Gasteiger partial charge in [0.1, 0.15) is 5.57 Å². The third-order valence-electron chi connectivity index (χ3n) is 7.41. The van der Waals surface area contributed by atoms with Gasteiger partial charge in [-0.1, -0.05) is 23.1 Å². The zero-order chi connectivity index (χ0) is 27.3. The minimum Gasteiger partial charge on any atom is -0.493 e. The van der Waals surface area contributed by atoms with E-state index in [0.717, 1.165) is 12.8 Å². The van der Waals surface area contributed by atoms with Crippen LogP contribution in [0.25, 0.3) is 5.52 Å². The molecule has 2 amide bonds. The van der Waals surface area contributed by atoms with E-state index in [1.807, 2.05) is 0 Å². The fourth-order valence-electron chi connectivity index (χ4n) is 4.89. The standard InChI is InChI=1S/C23H24B6N4O4/c1-4-5-16(20(35)32(2)14-6-7-14)19(34)30-17-11-15-10-13(31-33(15)12-18(17)37-3)8-9-21(22(24,25)26)23(27,28)29(21)36/h4-5,10-12,14,36H,1,6-9H2,2-3H3,(H,30,34)/b16-5-.